The highest BCUT2D eigenvalue weighted by molar-refractivity contribution is 6.01. The molecule has 2 N–H and O–H groups in total. The lowest BCUT2D eigenvalue weighted by Crippen LogP contribution is -2.20. The predicted molar refractivity (Wildman–Crippen MR) is 66.7 cm³/mol. The number of aromatic nitrogens is 2. The van der Waals surface area contributed by atoms with E-state index in [-0.39, 0.29) is 11.8 Å². The first-order valence-electron chi connectivity index (χ1n) is 6.07. The normalized spacial score (nSPS) is 16.5. The maximum atomic E-state index is 12.0. The lowest BCUT2D eigenvalue weighted by molar-refractivity contribution is -0.119. The molecule has 1 aliphatic rings. The number of nitrogens with zero attached hydrogens (tertiary/aromatic N) is 1. The van der Waals surface area contributed by atoms with Gasteiger partial charge in [0.05, 0.1) is 17.4 Å². The summed E-state index contributed by atoms with van der Waals surface area (Å²) in [5.41, 5.74) is 1.81. The monoisotopic (exact) mass is 229 g/mol. The number of aromatic amines is 1. The van der Waals surface area contributed by atoms with Gasteiger partial charge in [0.15, 0.2) is 0 Å². The van der Waals surface area contributed by atoms with Crippen LogP contribution in [0.25, 0.3) is 10.9 Å². The number of hydrogen-bond donors (Lipinski definition) is 2. The quantitative estimate of drug-likeness (QED) is 0.831. The Kier molecular flexibility index (Phi) is 2.55. The van der Waals surface area contributed by atoms with Crippen molar-refractivity contribution in [2.24, 2.45) is 5.92 Å². The van der Waals surface area contributed by atoms with E-state index in [1.807, 2.05) is 18.2 Å². The van der Waals surface area contributed by atoms with Crippen LogP contribution in [0.4, 0.5) is 5.69 Å². The fraction of sp³-hybridized carbons (Fsp3) is 0.385. The summed E-state index contributed by atoms with van der Waals surface area (Å²) in [4.78, 5) is 12.0. The standard InChI is InChI=1S/C13H15N3O/c17-13(9-4-1-2-5-9)15-11-6-3-7-12-10(11)8-14-16-12/h3,6-9H,1-2,4-5H2,(H,14,16)(H,15,17). The Hall–Kier alpha value is -1.84. The van der Waals surface area contributed by atoms with Gasteiger partial charge in [0, 0.05) is 11.3 Å². The van der Waals surface area contributed by atoms with Crippen LogP contribution in [0.2, 0.25) is 0 Å². The number of carbonyl (C=O) groups is 1. The number of amides is 1. The molecule has 0 unspecified atom stereocenters. The van der Waals surface area contributed by atoms with Gasteiger partial charge in [0.2, 0.25) is 5.91 Å². The van der Waals surface area contributed by atoms with Crippen molar-refractivity contribution < 1.29 is 4.79 Å². The van der Waals surface area contributed by atoms with Gasteiger partial charge in [-0.05, 0) is 25.0 Å². The molecule has 0 aliphatic heterocycles. The van der Waals surface area contributed by atoms with Gasteiger partial charge in [-0.3, -0.25) is 9.89 Å². The molecule has 1 aromatic heterocycles. The number of benzene rings is 1. The van der Waals surface area contributed by atoms with E-state index in [9.17, 15) is 4.79 Å². The minimum Gasteiger partial charge on any atom is -0.325 e. The highest BCUT2D eigenvalue weighted by Gasteiger charge is 2.22. The van der Waals surface area contributed by atoms with Gasteiger partial charge in [0.25, 0.3) is 0 Å². The molecule has 0 spiro atoms. The van der Waals surface area contributed by atoms with Gasteiger partial charge in [-0.15, -0.1) is 0 Å². The minimum absolute atomic E-state index is 0.149. The van der Waals surface area contributed by atoms with Gasteiger partial charge in [-0.2, -0.15) is 5.10 Å². The molecule has 0 bridgehead atoms. The van der Waals surface area contributed by atoms with Crippen molar-refractivity contribution in [2.75, 3.05) is 5.32 Å². The Bertz CT molecular complexity index is 540. The predicted octanol–water partition coefficient (Wildman–Crippen LogP) is 2.69. The molecule has 88 valence electrons. The van der Waals surface area contributed by atoms with Crippen molar-refractivity contribution in [3.63, 3.8) is 0 Å². The second-order valence-corrected chi connectivity index (χ2v) is 4.61. The van der Waals surface area contributed by atoms with Crippen LogP contribution in [0.3, 0.4) is 0 Å². The summed E-state index contributed by atoms with van der Waals surface area (Å²) in [6, 6.07) is 5.79. The van der Waals surface area contributed by atoms with Gasteiger partial charge in [-0.1, -0.05) is 18.9 Å². The third-order valence-corrected chi connectivity index (χ3v) is 3.47. The van der Waals surface area contributed by atoms with Crippen molar-refractivity contribution in [3.05, 3.63) is 24.4 Å². The van der Waals surface area contributed by atoms with Crippen molar-refractivity contribution in [1.29, 1.82) is 0 Å². The average Bonchev–Trinajstić information content (AvgIpc) is 3.00. The number of nitrogens with one attached hydrogen (secondary N) is 2. The van der Waals surface area contributed by atoms with Gasteiger partial charge in [-0.25, -0.2) is 0 Å². The third kappa shape index (κ3) is 1.90. The number of hydrogen-bond acceptors (Lipinski definition) is 2. The number of carbonyl (C=O) groups excluding carboxylic acids is 1. The van der Waals surface area contributed by atoms with Crippen LogP contribution in [0.15, 0.2) is 24.4 Å². The summed E-state index contributed by atoms with van der Waals surface area (Å²) in [5.74, 6) is 0.341. The SMILES string of the molecule is O=C(Nc1cccc2[nH]ncc12)C1CCCC1. The van der Waals surface area contributed by atoms with Crippen LogP contribution in [-0.2, 0) is 4.79 Å². The molecule has 1 aliphatic carbocycles. The van der Waals surface area contributed by atoms with E-state index in [2.05, 4.69) is 15.5 Å². The molecule has 4 nitrogen and oxygen atoms in total. The van der Waals surface area contributed by atoms with Gasteiger partial charge < -0.3 is 5.32 Å². The lowest BCUT2D eigenvalue weighted by atomic mass is 10.1. The largest absolute Gasteiger partial charge is 0.325 e. The molecule has 4 heteroatoms. The van der Waals surface area contributed by atoms with Crippen molar-refractivity contribution in [1.82, 2.24) is 10.2 Å². The van der Waals surface area contributed by atoms with Gasteiger partial charge in [0.1, 0.15) is 0 Å². The van der Waals surface area contributed by atoms with Crippen LogP contribution < -0.4 is 5.32 Å². The maximum Gasteiger partial charge on any atom is 0.227 e. The van der Waals surface area contributed by atoms with Gasteiger partial charge >= 0.3 is 0 Å². The van der Waals surface area contributed by atoms with E-state index < -0.39 is 0 Å². The Labute approximate surface area is 99.4 Å². The van der Waals surface area contributed by atoms with E-state index >= 15 is 0 Å². The smallest absolute Gasteiger partial charge is 0.227 e. The van der Waals surface area contributed by atoms with Crippen molar-refractivity contribution in [3.8, 4) is 0 Å². The van der Waals surface area contributed by atoms with E-state index in [1.54, 1.807) is 6.20 Å². The first kappa shape index (κ1) is 10.3. The summed E-state index contributed by atoms with van der Waals surface area (Å²) in [5, 5.41) is 10.9. The lowest BCUT2D eigenvalue weighted by Gasteiger charge is -2.10. The zero-order chi connectivity index (χ0) is 11.7. The molecule has 17 heavy (non-hydrogen) atoms. The van der Waals surface area contributed by atoms with E-state index in [0.29, 0.717) is 0 Å². The molecule has 1 aromatic carbocycles. The highest BCUT2D eigenvalue weighted by atomic mass is 16.1. The van der Waals surface area contributed by atoms with Crippen LogP contribution in [0.1, 0.15) is 25.7 Å². The molecule has 0 saturated heterocycles. The van der Waals surface area contributed by atoms with Crippen LogP contribution >= 0.6 is 0 Å². The summed E-state index contributed by atoms with van der Waals surface area (Å²) in [6.45, 7) is 0. The Morgan fingerprint density at radius 1 is 1.35 bits per heavy atom. The van der Waals surface area contributed by atoms with Crippen LogP contribution in [0, 0.1) is 5.92 Å². The Morgan fingerprint density at radius 3 is 3.00 bits per heavy atom. The molecule has 0 radical (unpaired) electrons. The molecule has 1 heterocycles. The third-order valence-electron chi connectivity index (χ3n) is 3.47. The summed E-state index contributed by atoms with van der Waals surface area (Å²) < 4.78 is 0. The Morgan fingerprint density at radius 2 is 2.18 bits per heavy atom. The average molecular weight is 229 g/mol. The summed E-state index contributed by atoms with van der Waals surface area (Å²) in [7, 11) is 0. The number of H-pyrrole nitrogens is 1. The number of fused-ring (bicyclic) bond motifs is 1. The van der Waals surface area contributed by atoms with Crippen LogP contribution in [-0.4, -0.2) is 16.1 Å². The van der Waals surface area contributed by atoms with Crippen molar-refractivity contribution in [2.45, 2.75) is 25.7 Å². The second-order valence-electron chi connectivity index (χ2n) is 4.61. The summed E-state index contributed by atoms with van der Waals surface area (Å²) in [6.07, 6.45) is 6.14. The first-order chi connectivity index (χ1) is 8.34. The molecule has 1 saturated carbocycles. The molecular formula is C13H15N3O. The fourth-order valence-electron chi connectivity index (χ4n) is 2.50. The van der Waals surface area contributed by atoms with E-state index in [1.165, 1.54) is 12.8 Å². The van der Waals surface area contributed by atoms with E-state index in [4.69, 9.17) is 0 Å². The molecular weight excluding hydrogens is 214 g/mol. The summed E-state index contributed by atoms with van der Waals surface area (Å²) >= 11 is 0. The van der Waals surface area contributed by atoms with Crippen molar-refractivity contribution >= 4 is 22.5 Å². The first-order valence-corrected chi connectivity index (χ1v) is 6.07. The molecule has 0 atom stereocenters. The zero-order valence-electron chi connectivity index (χ0n) is 9.57. The second kappa shape index (κ2) is 4.20. The fourth-order valence-corrected chi connectivity index (χ4v) is 2.50. The highest BCUT2D eigenvalue weighted by Crippen LogP contribution is 2.27. The molecule has 2 aromatic rings. The molecule has 3 rings (SSSR count). The maximum absolute atomic E-state index is 12.0. The zero-order valence-corrected chi connectivity index (χ0v) is 9.57. The minimum atomic E-state index is 0.149. The number of rotatable bonds is 2. The Balaban J connectivity index is 1.84. The topological polar surface area (TPSA) is 57.8 Å². The number of anilines is 1. The molecule has 1 amide bonds. The molecule has 1 fully saturated rings. The van der Waals surface area contributed by atoms with Crippen LogP contribution in [0.5, 0.6) is 0 Å². The van der Waals surface area contributed by atoms with E-state index in [0.717, 1.165) is 29.4 Å².